The highest BCUT2D eigenvalue weighted by Crippen LogP contribution is 2.18. The van der Waals surface area contributed by atoms with E-state index >= 15 is 0 Å². The van der Waals surface area contributed by atoms with Crippen molar-refractivity contribution in [2.45, 2.75) is 116 Å². The first-order valence-electron chi connectivity index (χ1n) is 13.0. The summed E-state index contributed by atoms with van der Waals surface area (Å²) in [6.45, 7) is 2.29. The van der Waals surface area contributed by atoms with Crippen LogP contribution in [0.1, 0.15) is 115 Å². The van der Waals surface area contributed by atoms with Gasteiger partial charge in [-0.1, -0.05) is 132 Å². The van der Waals surface area contributed by atoms with Gasteiger partial charge in [0.25, 0.3) is 0 Å². The van der Waals surface area contributed by atoms with Gasteiger partial charge in [0.1, 0.15) is 0 Å². The van der Waals surface area contributed by atoms with Gasteiger partial charge in [0.15, 0.2) is 0 Å². The third-order valence-corrected chi connectivity index (χ3v) is 6.29. The Labute approximate surface area is 187 Å². The molecular formula is C30H46. The average Bonchev–Trinajstić information content (AvgIpc) is 2.78. The minimum absolute atomic E-state index is 1.23. The van der Waals surface area contributed by atoms with Crippen LogP contribution in [0.15, 0.2) is 54.6 Å². The lowest BCUT2D eigenvalue weighted by molar-refractivity contribution is 0.560. The smallest absolute Gasteiger partial charge is 0.0181 e. The van der Waals surface area contributed by atoms with E-state index < -0.39 is 0 Å². The molecule has 0 radical (unpaired) electrons. The summed E-state index contributed by atoms with van der Waals surface area (Å²) in [5.41, 5.74) is 1.50. The van der Waals surface area contributed by atoms with E-state index in [0.29, 0.717) is 0 Å². The first kappa shape index (κ1) is 24.7. The topological polar surface area (TPSA) is 0 Å². The molecule has 0 aliphatic carbocycles. The van der Waals surface area contributed by atoms with Crippen LogP contribution in [0.2, 0.25) is 0 Å². The summed E-state index contributed by atoms with van der Waals surface area (Å²) in [4.78, 5) is 0. The standard InChI is InChI=1S/C30H46/c1-2-3-4-5-6-7-8-9-10-11-12-13-14-15-16-17-18-19-22-28-25-26-29-23-20-21-24-30(29)27-28/h8-9,20-21,23-27H,2-7,10-19,22H2,1H3/b9-8+. The molecule has 2 aromatic rings. The molecule has 0 nitrogen and oxygen atoms in total. The van der Waals surface area contributed by atoms with E-state index in [4.69, 9.17) is 0 Å². The predicted molar refractivity (Wildman–Crippen MR) is 136 cm³/mol. The Hall–Kier alpha value is -1.56. The summed E-state index contributed by atoms with van der Waals surface area (Å²) in [6, 6.07) is 15.6. The molecule has 0 aliphatic heterocycles. The third kappa shape index (κ3) is 11.6. The van der Waals surface area contributed by atoms with Gasteiger partial charge in [-0.15, -0.1) is 0 Å². The molecule has 0 saturated carbocycles. The highest BCUT2D eigenvalue weighted by Gasteiger charge is 1.97. The lowest BCUT2D eigenvalue weighted by atomic mass is 10.0. The normalized spacial score (nSPS) is 11.6. The summed E-state index contributed by atoms with van der Waals surface area (Å²) in [5, 5.41) is 2.74. The second kappa shape index (κ2) is 17.2. The zero-order valence-corrected chi connectivity index (χ0v) is 19.7. The van der Waals surface area contributed by atoms with E-state index in [1.807, 2.05) is 0 Å². The maximum atomic E-state index is 2.43. The molecule has 0 atom stereocenters. The van der Waals surface area contributed by atoms with Crippen LogP contribution in [0.4, 0.5) is 0 Å². The summed E-state index contributed by atoms with van der Waals surface area (Å²) in [6.07, 6.45) is 28.3. The van der Waals surface area contributed by atoms with E-state index in [9.17, 15) is 0 Å². The maximum Gasteiger partial charge on any atom is -0.0181 e. The Morgan fingerprint density at radius 1 is 0.533 bits per heavy atom. The molecule has 0 heterocycles. The first-order valence-corrected chi connectivity index (χ1v) is 13.0. The van der Waals surface area contributed by atoms with Crippen LogP contribution in [0.5, 0.6) is 0 Å². The lowest BCUT2D eigenvalue weighted by Gasteiger charge is -2.05. The number of fused-ring (bicyclic) bond motifs is 1. The fourth-order valence-electron chi connectivity index (χ4n) is 4.32. The van der Waals surface area contributed by atoms with Crippen LogP contribution in [-0.2, 0) is 6.42 Å². The molecule has 0 unspecified atom stereocenters. The van der Waals surface area contributed by atoms with Gasteiger partial charge in [0, 0.05) is 0 Å². The van der Waals surface area contributed by atoms with Gasteiger partial charge in [-0.25, -0.2) is 0 Å². The molecule has 30 heavy (non-hydrogen) atoms. The van der Waals surface area contributed by atoms with Crippen LogP contribution in [0, 0.1) is 0 Å². The average molecular weight is 407 g/mol. The summed E-state index contributed by atoms with van der Waals surface area (Å²) >= 11 is 0. The van der Waals surface area contributed by atoms with Gasteiger partial charge >= 0.3 is 0 Å². The van der Waals surface area contributed by atoms with Crippen LogP contribution in [0.25, 0.3) is 10.8 Å². The zero-order valence-electron chi connectivity index (χ0n) is 19.7. The second-order valence-corrected chi connectivity index (χ2v) is 9.08. The second-order valence-electron chi connectivity index (χ2n) is 9.08. The zero-order chi connectivity index (χ0) is 21.1. The van der Waals surface area contributed by atoms with Gasteiger partial charge in [-0.2, -0.15) is 0 Å². The SMILES string of the molecule is CCCCCCC/C=C/CCCCCCCCCCCc1ccc2ccccc2c1. The number of hydrogen-bond donors (Lipinski definition) is 0. The molecular weight excluding hydrogens is 360 g/mol. The summed E-state index contributed by atoms with van der Waals surface area (Å²) in [7, 11) is 0. The van der Waals surface area contributed by atoms with Crippen molar-refractivity contribution < 1.29 is 0 Å². The molecule has 2 aromatic carbocycles. The Balaban J connectivity index is 1.34. The quantitative estimate of drug-likeness (QED) is 0.170. The molecule has 166 valence electrons. The van der Waals surface area contributed by atoms with Crippen molar-refractivity contribution >= 4 is 10.8 Å². The molecule has 0 aromatic heterocycles. The van der Waals surface area contributed by atoms with Gasteiger partial charge in [0.2, 0.25) is 0 Å². The van der Waals surface area contributed by atoms with Crippen molar-refractivity contribution in [1.82, 2.24) is 0 Å². The number of allylic oxidation sites excluding steroid dienone is 2. The molecule has 0 N–H and O–H groups in total. The van der Waals surface area contributed by atoms with Crippen LogP contribution >= 0.6 is 0 Å². The number of rotatable bonds is 18. The largest absolute Gasteiger partial charge is 0.0885 e. The molecule has 0 saturated heterocycles. The van der Waals surface area contributed by atoms with E-state index in [-0.39, 0.29) is 0 Å². The van der Waals surface area contributed by atoms with Crippen molar-refractivity contribution in [1.29, 1.82) is 0 Å². The van der Waals surface area contributed by atoms with Crippen molar-refractivity contribution in [2.24, 2.45) is 0 Å². The fourth-order valence-corrected chi connectivity index (χ4v) is 4.32. The van der Waals surface area contributed by atoms with Crippen molar-refractivity contribution in [2.75, 3.05) is 0 Å². The van der Waals surface area contributed by atoms with Gasteiger partial charge in [-0.05, 0) is 54.9 Å². The molecule has 0 bridgehead atoms. The minimum atomic E-state index is 1.23. The Morgan fingerprint density at radius 2 is 1.07 bits per heavy atom. The van der Waals surface area contributed by atoms with Crippen molar-refractivity contribution in [3.8, 4) is 0 Å². The van der Waals surface area contributed by atoms with Crippen LogP contribution in [-0.4, -0.2) is 0 Å². The van der Waals surface area contributed by atoms with Gasteiger partial charge in [-0.3, -0.25) is 0 Å². The monoisotopic (exact) mass is 406 g/mol. The Morgan fingerprint density at radius 3 is 1.70 bits per heavy atom. The summed E-state index contributed by atoms with van der Waals surface area (Å²) < 4.78 is 0. The highest BCUT2D eigenvalue weighted by molar-refractivity contribution is 5.82. The molecule has 0 aliphatic rings. The number of aryl methyl sites for hydroxylation is 1. The minimum Gasteiger partial charge on any atom is -0.0885 e. The first-order chi connectivity index (χ1) is 14.9. The van der Waals surface area contributed by atoms with Crippen molar-refractivity contribution in [3.63, 3.8) is 0 Å². The Bertz CT molecular complexity index is 681. The molecule has 0 heteroatoms. The molecule has 0 amide bonds. The van der Waals surface area contributed by atoms with Crippen LogP contribution in [0.3, 0.4) is 0 Å². The summed E-state index contributed by atoms with van der Waals surface area (Å²) in [5.74, 6) is 0. The predicted octanol–water partition coefficient (Wildman–Crippen LogP) is 10.2. The van der Waals surface area contributed by atoms with Gasteiger partial charge < -0.3 is 0 Å². The van der Waals surface area contributed by atoms with Crippen molar-refractivity contribution in [3.05, 3.63) is 60.2 Å². The molecule has 2 rings (SSSR count). The fraction of sp³-hybridized carbons (Fsp3) is 0.600. The Kier molecular flexibility index (Phi) is 14.1. The number of benzene rings is 2. The van der Waals surface area contributed by atoms with Gasteiger partial charge in [0.05, 0.1) is 0 Å². The number of unbranched alkanes of at least 4 members (excludes halogenated alkanes) is 14. The molecule has 0 spiro atoms. The van der Waals surface area contributed by atoms with E-state index in [1.165, 1.54) is 125 Å². The lowest BCUT2D eigenvalue weighted by Crippen LogP contribution is -1.87. The van der Waals surface area contributed by atoms with Crippen LogP contribution < -0.4 is 0 Å². The molecule has 0 fully saturated rings. The van der Waals surface area contributed by atoms with E-state index in [0.717, 1.165) is 0 Å². The highest BCUT2D eigenvalue weighted by atomic mass is 14.0. The third-order valence-electron chi connectivity index (χ3n) is 6.29. The number of hydrogen-bond acceptors (Lipinski definition) is 0. The van der Waals surface area contributed by atoms with E-state index in [1.54, 1.807) is 0 Å². The maximum absolute atomic E-state index is 2.43. The van der Waals surface area contributed by atoms with E-state index in [2.05, 4.69) is 61.5 Å².